The van der Waals surface area contributed by atoms with E-state index in [1.807, 2.05) is 9.80 Å². The molecule has 0 bridgehead atoms. The quantitative estimate of drug-likeness (QED) is 0.604. The van der Waals surface area contributed by atoms with Crippen LogP contribution in [0.15, 0.2) is 0 Å². The van der Waals surface area contributed by atoms with Gasteiger partial charge in [-0.1, -0.05) is 0 Å². The van der Waals surface area contributed by atoms with E-state index in [1.165, 1.54) is 0 Å². The van der Waals surface area contributed by atoms with Crippen LogP contribution in [0.5, 0.6) is 0 Å². The van der Waals surface area contributed by atoms with Crippen LogP contribution in [-0.4, -0.2) is 124 Å². The summed E-state index contributed by atoms with van der Waals surface area (Å²) in [5.74, 6) is -1.64. The zero-order valence-corrected chi connectivity index (χ0v) is 16.6. The molecule has 0 aromatic carbocycles. The molecular formula is C18H34N2O8. The van der Waals surface area contributed by atoms with Gasteiger partial charge in [-0.2, -0.15) is 0 Å². The Morgan fingerprint density at radius 1 is 0.571 bits per heavy atom. The smallest absolute Gasteiger partial charge is 0.304 e. The van der Waals surface area contributed by atoms with Crippen LogP contribution in [-0.2, 0) is 28.5 Å². The maximum absolute atomic E-state index is 10.8. The lowest BCUT2D eigenvalue weighted by molar-refractivity contribution is -0.138. The molecule has 0 aliphatic carbocycles. The standard InChI is InChI=1S/C18H34N2O8/c21-17(22)1-3-19-5-9-25-13-15-27-11-7-20(4-2-18(23)24)8-12-28-16-14-26-10-6-19/h1-16H2,(H,21,22)(H,23,24). The number of carboxylic acids is 2. The highest BCUT2D eigenvalue weighted by atomic mass is 16.5. The number of carboxylic acid groups (broad SMARTS) is 2. The third-order valence-electron chi connectivity index (χ3n) is 4.24. The summed E-state index contributed by atoms with van der Waals surface area (Å²) in [6, 6.07) is 0. The van der Waals surface area contributed by atoms with Crippen molar-refractivity contribution in [3.05, 3.63) is 0 Å². The van der Waals surface area contributed by atoms with Gasteiger partial charge < -0.3 is 29.2 Å². The molecule has 0 atom stereocenters. The molecule has 1 aliphatic rings. The Kier molecular flexibility index (Phi) is 14.7. The van der Waals surface area contributed by atoms with Crippen LogP contribution in [0.25, 0.3) is 0 Å². The van der Waals surface area contributed by atoms with Gasteiger partial charge in [0.25, 0.3) is 0 Å². The molecule has 0 unspecified atom stereocenters. The second kappa shape index (κ2) is 16.6. The highest BCUT2D eigenvalue weighted by molar-refractivity contribution is 5.67. The summed E-state index contributed by atoms with van der Waals surface area (Å²) in [5.41, 5.74) is 0. The first kappa shape index (κ1) is 24.7. The van der Waals surface area contributed by atoms with Gasteiger partial charge in [-0.05, 0) is 0 Å². The minimum atomic E-state index is -0.819. The van der Waals surface area contributed by atoms with E-state index >= 15 is 0 Å². The Morgan fingerprint density at radius 2 is 0.857 bits per heavy atom. The molecule has 1 heterocycles. The second-order valence-electron chi connectivity index (χ2n) is 6.42. The summed E-state index contributed by atoms with van der Waals surface area (Å²) in [7, 11) is 0. The lowest BCUT2D eigenvalue weighted by Gasteiger charge is -2.23. The third kappa shape index (κ3) is 14.7. The summed E-state index contributed by atoms with van der Waals surface area (Å²) < 4.78 is 22.2. The van der Waals surface area contributed by atoms with E-state index in [-0.39, 0.29) is 12.8 Å². The van der Waals surface area contributed by atoms with Gasteiger partial charge in [0.1, 0.15) is 0 Å². The number of hydrogen-bond donors (Lipinski definition) is 2. The first-order valence-electron chi connectivity index (χ1n) is 9.77. The molecule has 1 aliphatic heterocycles. The number of rotatable bonds is 6. The third-order valence-corrected chi connectivity index (χ3v) is 4.24. The van der Waals surface area contributed by atoms with Gasteiger partial charge in [-0.15, -0.1) is 0 Å². The first-order chi connectivity index (χ1) is 13.6. The Bertz CT molecular complexity index is 366. The van der Waals surface area contributed by atoms with Crippen LogP contribution in [0.1, 0.15) is 12.8 Å². The van der Waals surface area contributed by atoms with Crippen molar-refractivity contribution in [3.8, 4) is 0 Å². The fraction of sp³-hybridized carbons (Fsp3) is 0.889. The van der Waals surface area contributed by atoms with Crippen LogP contribution in [0, 0.1) is 0 Å². The average molecular weight is 406 g/mol. The van der Waals surface area contributed by atoms with Gasteiger partial charge in [0.05, 0.1) is 65.7 Å². The van der Waals surface area contributed by atoms with E-state index < -0.39 is 11.9 Å². The first-order valence-corrected chi connectivity index (χ1v) is 9.77. The normalized spacial score (nSPS) is 20.9. The monoisotopic (exact) mass is 406 g/mol. The molecule has 1 saturated heterocycles. The van der Waals surface area contributed by atoms with E-state index in [1.54, 1.807) is 0 Å². The maximum Gasteiger partial charge on any atom is 0.304 e. The van der Waals surface area contributed by atoms with Gasteiger partial charge in [0, 0.05) is 39.3 Å². The van der Waals surface area contributed by atoms with Gasteiger partial charge >= 0.3 is 11.9 Å². The molecule has 1 fully saturated rings. The predicted molar refractivity (Wildman–Crippen MR) is 101 cm³/mol. The van der Waals surface area contributed by atoms with E-state index in [0.717, 1.165) is 0 Å². The topological polar surface area (TPSA) is 118 Å². The second-order valence-corrected chi connectivity index (χ2v) is 6.42. The highest BCUT2D eigenvalue weighted by Gasteiger charge is 2.10. The SMILES string of the molecule is O=C(O)CCN1CCOCCOCCN(CCC(=O)O)CCOCCOCC1. The average Bonchev–Trinajstić information content (AvgIpc) is 2.65. The van der Waals surface area contributed by atoms with Crippen molar-refractivity contribution in [2.75, 3.05) is 92.1 Å². The molecule has 0 radical (unpaired) electrons. The summed E-state index contributed by atoms with van der Waals surface area (Å²) in [5, 5.41) is 17.7. The van der Waals surface area contributed by atoms with Crippen LogP contribution in [0.4, 0.5) is 0 Å². The van der Waals surface area contributed by atoms with Crippen LogP contribution in [0.2, 0.25) is 0 Å². The fourth-order valence-electron chi connectivity index (χ4n) is 2.60. The van der Waals surface area contributed by atoms with Gasteiger partial charge in [-0.3, -0.25) is 19.4 Å². The minimum absolute atomic E-state index is 0.0879. The Hall–Kier alpha value is -1.30. The molecule has 28 heavy (non-hydrogen) atoms. The summed E-state index contributed by atoms with van der Waals surface area (Å²) in [6.45, 7) is 7.29. The number of aliphatic carboxylic acids is 2. The molecule has 0 aromatic rings. The number of carbonyl (C=O) groups is 2. The highest BCUT2D eigenvalue weighted by Crippen LogP contribution is 1.96. The van der Waals surface area contributed by atoms with Crippen molar-refractivity contribution in [3.63, 3.8) is 0 Å². The lowest BCUT2D eigenvalue weighted by atomic mass is 10.3. The minimum Gasteiger partial charge on any atom is -0.481 e. The van der Waals surface area contributed by atoms with E-state index in [4.69, 9.17) is 29.2 Å². The van der Waals surface area contributed by atoms with Crippen molar-refractivity contribution in [2.24, 2.45) is 0 Å². The molecule has 2 N–H and O–H groups in total. The Morgan fingerprint density at radius 3 is 1.11 bits per heavy atom. The van der Waals surface area contributed by atoms with Crippen LogP contribution in [0.3, 0.4) is 0 Å². The van der Waals surface area contributed by atoms with Crippen LogP contribution < -0.4 is 0 Å². The zero-order valence-electron chi connectivity index (χ0n) is 16.6. The van der Waals surface area contributed by atoms with Gasteiger partial charge in [0.2, 0.25) is 0 Å². The van der Waals surface area contributed by atoms with E-state index in [2.05, 4.69) is 0 Å². The number of ether oxygens (including phenoxy) is 4. The largest absolute Gasteiger partial charge is 0.481 e. The summed E-state index contributed by atoms with van der Waals surface area (Å²) >= 11 is 0. The van der Waals surface area contributed by atoms with Crippen molar-refractivity contribution < 1.29 is 38.7 Å². The van der Waals surface area contributed by atoms with E-state index in [0.29, 0.717) is 92.1 Å². The summed E-state index contributed by atoms with van der Waals surface area (Å²) in [4.78, 5) is 25.6. The molecule has 0 saturated carbocycles. The molecule has 0 amide bonds. The molecule has 164 valence electrons. The predicted octanol–water partition coefficient (Wildman–Crippen LogP) is -0.380. The van der Waals surface area contributed by atoms with Crippen molar-refractivity contribution >= 4 is 11.9 Å². The number of hydrogen-bond acceptors (Lipinski definition) is 8. The van der Waals surface area contributed by atoms with Crippen molar-refractivity contribution in [1.82, 2.24) is 9.80 Å². The van der Waals surface area contributed by atoms with E-state index in [9.17, 15) is 9.59 Å². The molecule has 10 heteroatoms. The summed E-state index contributed by atoms with van der Waals surface area (Å²) in [6.07, 6.45) is 0.176. The number of nitrogens with zero attached hydrogens (tertiary/aromatic N) is 2. The molecular weight excluding hydrogens is 372 g/mol. The molecule has 10 nitrogen and oxygen atoms in total. The van der Waals surface area contributed by atoms with Crippen molar-refractivity contribution in [2.45, 2.75) is 12.8 Å². The Labute approximate surface area is 166 Å². The zero-order chi connectivity index (χ0) is 20.5. The Balaban J connectivity index is 2.37. The molecule has 1 rings (SSSR count). The maximum atomic E-state index is 10.8. The van der Waals surface area contributed by atoms with Crippen LogP contribution >= 0.6 is 0 Å². The van der Waals surface area contributed by atoms with Crippen molar-refractivity contribution in [1.29, 1.82) is 0 Å². The van der Waals surface area contributed by atoms with Gasteiger partial charge in [-0.25, -0.2) is 0 Å². The molecule has 0 spiro atoms. The fourth-order valence-corrected chi connectivity index (χ4v) is 2.60. The molecule has 0 aromatic heterocycles. The lowest BCUT2D eigenvalue weighted by Crippen LogP contribution is -2.34. The van der Waals surface area contributed by atoms with Gasteiger partial charge in [0.15, 0.2) is 0 Å².